The van der Waals surface area contributed by atoms with Gasteiger partial charge in [-0.15, -0.1) is 0 Å². The maximum absolute atomic E-state index is 9.50. The van der Waals surface area contributed by atoms with Crippen molar-refractivity contribution in [1.82, 2.24) is 0 Å². The highest BCUT2D eigenvalue weighted by atomic mass is 16.5. The summed E-state index contributed by atoms with van der Waals surface area (Å²) in [6.07, 6.45) is 25.0. The predicted molar refractivity (Wildman–Crippen MR) is 122 cm³/mol. The lowest BCUT2D eigenvalue weighted by atomic mass is 9.77. The van der Waals surface area contributed by atoms with Gasteiger partial charge in [0.15, 0.2) is 5.90 Å². The number of ether oxygens (including phenoxy) is 1. The zero-order chi connectivity index (χ0) is 20.3. The third-order valence-electron chi connectivity index (χ3n) is 6.22. The first-order valence-corrected chi connectivity index (χ1v) is 12.2. The van der Waals surface area contributed by atoms with E-state index in [0.717, 1.165) is 38.3 Å². The number of aliphatic hydroxyl groups is 1. The predicted octanol–water partition coefficient (Wildman–Crippen LogP) is 7.23. The zero-order valence-electron chi connectivity index (χ0n) is 18.9. The van der Waals surface area contributed by atoms with Gasteiger partial charge < -0.3 is 9.84 Å². The molecule has 1 heterocycles. The van der Waals surface area contributed by atoms with E-state index in [-0.39, 0.29) is 12.0 Å². The Hall–Kier alpha value is -0.830. The fourth-order valence-electron chi connectivity index (χ4n) is 4.25. The molecule has 3 heteroatoms. The Balaban J connectivity index is 2.02. The van der Waals surface area contributed by atoms with Crippen molar-refractivity contribution in [3.05, 3.63) is 12.2 Å². The van der Waals surface area contributed by atoms with E-state index in [1.54, 1.807) is 0 Å². The summed E-state index contributed by atoms with van der Waals surface area (Å²) < 4.78 is 5.77. The fraction of sp³-hybridized carbons (Fsp3) is 0.880. The van der Waals surface area contributed by atoms with Gasteiger partial charge in [-0.25, -0.2) is 0 Å². The third-order valence-corrected chi connectivity index (χ3v) is 6.22. The number of rotatable bonds is 19. The molecule has 0 aromatic carbocycles. The average molecular weight is 394 g/mol. The SMILES string of the molecule is CCCCCCCC/C=C\CCCCCCCC(CC)(CCO)C1=NCCO1. The van der Waals surface area contributed by atoms with Crippen molar-refractivity contribution in [2.45, 2.75) is 117 Å². The van der Waals surface area contributed by atoms with Crippen LogP contribution >= 0.6 is 0 Å². The molecule has 0 saturated carbocycles. The lowest BCUT2D eigenvalue weighted by Crippen LogP contribution is -2.32. The van der Waals surface area contributed by atoms with Crippen LogP contribution in [0.25, 0.3) is 0 Å². The van der Waals surface area contributed by atoms with Gasteiger partial charge in [0.05, 0.1) is 6.54 Å². The van der Waals surface area contributed by atoms with Crippen molar-refractivity contribution in [1.29, 1.82) is 0 Å². The normalized spacial score (nSPS) is 16.3. The summed E-state index contributed by atoms with van der Waals surface area (Å²) in [7, 11) is 0. The van der Waals surface area contributed by atoms with E-state index < -0.39 is 0 Å². The van der Waals surface area contributed by atoms with Crippen LogP contribution in [-0.2, 0) is 4.74 Å². The Morgan fingerprint density at radius 2 is 1.46 bits per heavy atom. The quantitative estimate of drug-likeness (QED) is 0.186. The van der Waals surface area contributed by atoms with Gasteiger partial charge in [0.2, 0.25) is 0 Å². The molecule has 0 saturated heterocycles. The Labute approximate surface area is 175 Å². The van der Waals surface area contributed by atoms with Gasteiger partial charge in [-0.1, -0.05) is 83.8 Å². The van der Waals surface area contributed by atoms with Gasteiger partial charge >= 0.3 is 0 Å². The summed E-state index contributed by atoms with van der Waals surface area (Å²) >= 11 is 0. The Bertz CT molecular complexity index is 419. The first kappa shape index (κ1) is 25.2. The summed E-state index contributed by atoms with van der Waals surface area (Å²) in [6, 6.07) is 0. The molecule has 1 N–H and O–H groups in total. The number of allylic oxidation sites excluding steroid dienone is 2. The smallest absolute Gasteiger partial charge is 0.189 e. The van der Waals surface area contributed by atoms with E-state index in [2.05, 4.69) is 31.0 Å². The van der Waals surface area contributed by atoms with Crippen LogP contribution < -0.4 is 0 Å². The van der Waals surface area contributed by atoms with E-state index in [4.69, 9.17) is 4.74 Å². The molecule has 1 rings (SSSR count). The lowest BCUT2D eigenvalue weighted by molar-refractivity contribution is 0.184. The zero-order valence-corrected chi connectivity index (χ0v) is 18.9. The second-order valence-electron chi connectivity index (χ2n) is 8.48. The second kappa shape index (κ2) is 17.1. The number of hydrogen-bond donors (Lipinski definition) is 1. The van der Waals surface area contributed by atoms with Crippen LogP contribution in [0.1, 0.15) is 117 Å². The standard InChI is InChI=1S/C25H47NO2/c1-3-5-6-7-8-9-10-11-12-13-14-15-16-17-18-19-25(4-2,20-22-27)24-26-21-23-28-24/h11-12,27H,3-10,13-23H2,1-2H3/b12-11-. The van der Waals surface area contributed by atoms with Crippen LogP contribution in [0.2, 0.25) is 0 Å². The molecule has 3 nitrogen and oxygen atoms in total. The van der Waals surface area contributed by atoms with Crippen molar-refractivity contribution in [3.63, 3.8) is 0 Å². The van der Waals surface area contributed by atoms with Crippen molar-refractivity contribution >= 4 is 5.90 Å². The maximum Gasteiger partial charge on any atom is 0.189 e. The highest BCUT2D eigenvalue weighted by Crippen LogP contribution is 2.36. The summed E-state index contributed by atoms with van der Waals surface area (Å²) in [5, 5.41) is 9.50. The molecule has 0 fully saturated rings. The summed E-state index contributed by atoms with van der Waals surface area (Å²) in [4.78, 5) is 4.56. The van der Waals surface area contributed by atoms with Crippen molar-refractivity contribution < 1.29 is 9.84 Å². The van der Waals surface area contributed by atoms with Crippen LogP contribution in [0.4, 0.5) is 0 Å². The Morgan fingerprint density at radius 3 is 2.00 bits per heavy atom. The van der Waals surface area contributed by atoms with Gasteiger partial charge in [0.1, 0.15) is 6.61 Å². The first-order valence-electron chi connectivity index (χ1n) is 12.2. The van der Waals surface area contributed by atoms with E-state index >= 15 is 0 Å². The van der Waals surface area contributed by atoms with Crippen molar-refractivity contribution in [2.24, 2.45) is 10.4 Å². The molecule has 0 amide bonds. The molecule has 0 radical (unpaired) electrons. The van der Waals surface area contributed by atoms with Crippen molar-refractivity contribution in [3.8, 4) is 0 Å². The molecular formula is C25H47NO2. The number of hydrogen-bond acceptors (Lipinski definition) is 3. The molecule has 0 aromatic heterocycles. The molecular weight excluding hydrogens is 346 g/mol. The van der Waals surface area contributed by atoms with Gasteiger partial charge in [-0.3, -0.25) is 4.99 Å². The second-order valence-corrected chi connectivity index (χ2v) is 8.48. The minimum Gasteiger partial charge on any atom is -0.479 e. The number of aliphatic imine (C=N–C) groups is 1. The lowest BCUT2D eigenvalue weighted by Gasteiger charge is -2.31. The van der Waals surface area contributed by atoms with Crippen molar-refractivity contribution in [2.75, 3.05) is 19.8 Å². The molecule has 1 aliphatic rings. The van der Waals surface area contributed by atoms with Crippen LogP contribution in [0.3, 0.4) is 0 Å². The van der Waals surface area contributed by atoms with E-state index in [1.807, 2.05) is 0 Å². The van der Waals surface area contributed by atoms with E-state index in [1.165, 1.54) is 83.5 Å². The molecule has 0 aliphatic carbocycles. The van der Waals surface area contributed by atoms with Crippen LogP contribution in [-0.4, -0.2) is 30.8 Å². The topological polar surface area (TPSA) is 41.8 Å². The fourth-order valence-corrected chi connectivity index (χ4v) is 4.25. The van der Waals surface area contributed by atoms with E-state index in [0.29, 0.717) is 0 Å². The van der Waals surface area contributed by atoms with Gasteiger partial charge in [-0.2, -0.15) is 0 Å². The molecule has 0 spiro atoms. The van der Waals surface area contributed by atoms with Gasteiger partial charge in [-0.05, 0) is 44.9 Å². The Morgan fingerprint density at radius 1 is 0.857 bits per heavy atom. The molecule has 1 unspecified atom stereocenters. The van der Waals surface area contributed by atoms with Gasteiger partial charge in [0.25, 0.3) is 0 Å². The van der Waals surface area contributed by atoms with Crippen LogP contribution in [0.15, 0.2) is 17.1 Å². The minimum atomic E-state index is -0.0233. The summed E-state index contributed by atoms with van der Waals surface area (Å²) in [5.74, 6) is 0.916. The summed E-state index contributed by atoms with van der Waals surface area (Å²) in [6.45, 7) is 6.21. The molecule has 164 valence electrons. The van der Waals surface area contributed by atoms with Crippen LogP contribution in [0, 0.1) is 5.41 Å². The monoisotopic (exact) mass is 393 g/mol. The largest absolute Gasteiger partial charge is 0.479 e. The molecule has 1 atom stereocenters. The molecule has 28 heavy (non-hydrogen) atoms. The molecule has 1 aliphatic heterocycles. The number of unbranched alkanes of at least 4 members (excludes halogenated alkanes) is 11. The highest BCUT2D eigenvalue weighted by Gasteiger charge is 2.36. The molecule has 0 bridgehead atoms. The average Bonchev–Trinajstić information content (AvgIpc) is 3.25. The summed E-state index contributed by atoms with van der Waals surface area (Å²) in [5.41, 5.74) is -0.0233. The minimum absolute atomic E-state index is 0.0233. The van der Waals surface area contributed by atoms with Crippen LogP contribution in [0.5, 0.6) is 0 Å². The number of nitrogens with zero attached hydrogens (tertiary/aromatic N) is 1. The first-order chi connectivity index (χ1) is 13.8. The number of aliphatic hydroxyl groups excluding tert-OH is 1. The van der Waals surface area contributed by atoms with E-state index in [9.17, 15) is 5.11 Å². The highest BCUT2D eigenvalue weighted by molar-refractivity contribution is 5.83. The molecule has 0 aromatic rings. The maximum atomic E-state index is 9.50. The third kappa shape index (κ3) is 10.6. The van der Waals surface area contributed by atoms with Gasteiger partial charge in [0, 0.05) is 12.0 Å². The Kier molecular flexibility index (Phi) is 15.4.